The molecule has 0 heterocycles. The summed E-state index contributed by atoms with van der Waals surface area (Å²) in [6.07, 6.45) is 5.21. The molecule has 0 aliphatic carbocycles. The SMILES string of the molecule is C#CCC(C)(N)C(=O)OCC. The minimum Gasteiger partial charge on any atom is -0.465 e. The van der Waals surface area contributed by atoms with E-state index >= 15 is 0 Å². The molecule has 1 unspecified atom stereocenters. The van der Waals surface area contributed by atoms with E-state index in [-0.39, 0.29) is 6.42 Å². The quantitative estimate of drug-likeness (QED) is 0.471. The molecule has 0 saturated carbocycles. The second kappa shape index (κ2) is 3.99. The number of hydrogen-bond acceptors (Lipinski definition) is 3. The van der Waals surface area contributed by atoms with Crippen LogP contribution in [-0.4, -0.2) is 18.1 Å². The van der Waals surface area contributed by atoms with Crippen LogP contribution in [0.3, 0.4) is 0 Å². The first-order chi connectivity index (χ1) is 5.04. The molecule has 0 fully saturated rings. The van der Waals surface area contributed by atoms with E-state index in [9.17, 15) is 4.79 Å². The third kappa shape index (κ3) is 3.06. The number of nitrogens with two attached hydrogens (primary N) is 1. The molecule has 0 amide bonds. The molecule has 0 spiro atoms. The van der Waals surface area contributed by atoms with Crippen LogP contribution in [0, 0.1) is 12.3 Å². The zero-order chi connectivity index (χ0) is 8.91. The maximum atomic E-state index is 11.0. The molecule has 1 atom stereocenters. The van der Waals surface area contributed by atoms with E-state index in [0.717, 1.165) is 0 Å². The summed E-state index contributed by atoms with van der Waals surface area (Å²) in [5, 5.41) is 0. The van der Waals surface area contributed by atoms with Crippen molar-refractivity contribution in [3.05, 3.63) is 0 Å². The van der Waals surface area contributed by atoms with Crippen molar-refractivity contribution in [3.63, 3.8) is 0 Å². The van der Waals surface area contributed by atoms with Crippen molar-refractivity contribution < 1.29 is 9.53 Å². The predicted octanol–water partition coefficient (Wildman–Crippen LogP) is 0.290. The molecule has 0 aliphatic rings. The number of ether oxygens (including phenoxy) is 1. The Hall–Kier alpha value is -1.01. The molecule has 0 aromatic carbocycles. The summed E-state index contributed by atoms with van der Waals surface area (Å²) in [7, 11) is 0. The summed E-state index contributed by atoms with van der Waals surface area (Å²) in [6.45, 7) is 3.62. The average molecular weight is 155 g/mol. The molecule has 3 nitrogen and oxygen atoms in total. The Morgan fingerprint density at radius 3 is 2.73 bits per heavy atom. The van der Waals surface area contributed by atoms with Crippen LogP contribution in [0.15, 0.2) is 0 Å². The highest BCUT2D eigenvalue weighted by Crippen LogP contribution is 2.06. The molecular weight excluding hydrogens is 142 g/mol. The van der Waals surface area contributed by atoms with Crippen LogP contribution >= 0.6 is 0 Å². The molecule has 2 N–H and O–H groups in total. The summed E-state index contributed by atoms with van der Waals surface area (Å²) < 4.78 is 4.70. The standard InChI is InChI=1S/C8H13NO2/c1-4-6-8(3,9)7(10)11-5-2/h1H,5-6,9H2,2-3H3. The molecule has 3 heteroatoms. The van der Waals surface area contributed by atoms with Gasteiger partial charge in [-0.25, -0.2) is 0 Å². The van der Waals surface area contributed by atoms with Gasteiger partial charge in [-0.05, 0) is 13.8 Å². The molecule has 0 aromatic heterocycles. The monoisotopic (exact) mass is 155 g/mol. The summed E-state index contributed by atoms with van der Waals surface area (Å²) in [4.78, 5) is 11.0. The summed E-state index contributed by atoms with van der Waals surface area (Å²) in [6, 6.07) is 0. The van der Waals surface area contributed by atoms with Gasteiger partial charge < -0.3 is 10.5 Å². The van der Waals surface area contributed by atoms with Crippen LogP contribution in [0.4, 0.5) is 0 Å². The van der Waals surface area contributed by atoms with E-state index in [0.29, 0.717) is 6.61 Å². The Labute approximate surface area is 66.9 Å². The number of hydrogen-bond donors (Lipinski definition) is 1. The van der Waals surface area contributed by atoms with Crippen molar-refractivity contribution in [1.82, 2.24) is 0 Å². The molecular formula is C8H13NO2. The maximum absolute atomic E-state index is 11.0. The van der Waals surface area contributed by atoms with Crippen LogP contribution in [0.5, 0.6) is 0 Å². The highest BCUT2D eigenvalue weighted by Gasteiger charge is 2.28. The predicted molar refractivity (Wildman–Crippen MR) is 42.7 cm³/mol. The third-order valence-electron chi connectivity index (χ3n) is 1.21. The first kappa shape index (κ1) is 9.99. The Kier molecular flexibility index (Phi) is 3.63. The first-order valence-electron chi connectivity index (χ1n) is 3.44. The number of terminal acetylenes is 1. The third-order valence-corrected chi connectivity index (χ3v) is 1.21. The average Bonchev–Trinajstić information content (AvgIpc) is 1.88. The van der Waals surface area contributed by atoms with Crippen LogP contribution in [0.1, 0.15) is 20.3 Å². The minimum absolute atomic E-state index is 0.200. The zero-order valence-corrected chi connectivity index (χ0v) is 6.89. The Balaban J connectivity index is 4.08. The van der Waals surface area contributed by atoms with E-state index in [4.69, 9.17) is 16.9 Å². The fourth-order valence-corrected chi connectivity index (χ4v) is 0.580. The largest absolute Gasteiger partial charge is 0.465 e. The first-order valence-corrected chi connectivity index (χ1v) is 3.44. The normalized spacial score (nSPS) is 14.7. The van der Waals surface area contributed by atoms with Crippen LogP contribution in [0.2, 0.25) is 0 Å². The van der Waals surface area contributed by atoms with E-state index in [1.807, 2.05) is 0 Å². The Morgan fingerprint density at radius 1 is 1.82 bits per heavy atom. The second-order valence-corrected chi connectivity index (χ2v) is 2.52. The Bertz CT molecular complexity index is 179. The van der Waals surface area contributed by atoms with Gasteiger partial charge in [0.2, 0.25) is 0 Å². The van der Waals surface area contributed by atoms with Gasteiger partial charge in [-0.15, -0.1) is 12.3 Å². The number of carbonyl (C=O) groups is 1. The van der Waals surface area contributed by atoms with Gasteiger partial charge in [0.15, 0.2) is 0 Å². The minimum atomic E-state index is -1.04. The maximum Gasteiger partial charge on any atom is 0.326 e. The summed E-state index contributed by atoms with van der Waals surface area (Å²) >= 11 is 0. The zero-order valence-electron chi connectivity index (χ0n) is 6.89. The fraction of sp³-hybridized carbons (Fsp3) is 0.625. The van der Waals surface area contributed by atoms with Crippen molar-refractivity contribution in [2.75, 3.05) is 6.61 Å². The van der Waals surface area contributed by atoms with Gasteiger partial charge in [0, 0.05) is 6.42 Å². The van der Waals surface area contributed by atoms with Gasteiger partial charge in [-0.1, -0.05) is 0 Å². The smallest absolute Gasteiger partial charge is 0.326 e. The van der Waals surface area contributed by atoms with Crippen molar-refractivity contribution in [2.24, 2.45) is 5.73 Å². The molecule has 11 heavy (non-hydrogen) atoms. The molecule has 0 aliphatic heterocycles. The van der Waals surface area contributed by atoms with Crippen LogP contribution in [0.25, 0.3) is 0 Å². The number of rotatable bonds is 3. The summed E-state index contributed by atoms with van der Waals surface area (Å²) in [5.74, 6) is 1.88. The lowest BCUT2D eigenvalue weighted by molar-refractivity contribution is -0.148. The van der Waals surface area contributed by atoms with Crippen LogP contribution in [-0.2, 0) is 9.53 Å². The van der Waals surface area contributed by atoms with E-state index in [1.165, 1.54) is 0 Å². The summed E-state index contributed by atoms with van der Waals surface area (Å²) in [5.41, 5.74) is 4.50. The van der Waals surface area contributed by atoms with Crippen molar-refractivity contribution in [2.45, 2.75) is 25.8 Å². The Morgan fingerprint density at radius 2 is 2.36 bits per heavy atom. The van der Waals surface area contributed by atoms with Gasteiger partial charge in [-0.2, -0.15) is 0 Å². The molecule has 0 aromatic rings. The molecule has 0 saturated heterocycles. The lowest BCUT2D eigenvalue weighted by atomic mass is 10.0. The van der Waals surface area contributed by atoms with Crippen molar-refractivity contribution in [3.8, 4) is 12.3 Å². The van der Waals surface area contributed by atoms with Gasteiger partial charge >= 0.3 is 5.97 Å². The van der Waals surface area contributed by atoms with Gasteiger partial charge in [0.25, 0.3) is 0 Å². The lowest BCUT2D eigenvalue weighted by Crippen LogP contribution is -2.45. The van der Waals surface area contributed by atoms with E-state index in [2.05, 4.69) is 5.92 Å². The van der Waals surface area contributed by atoms with Gasteiger partial charge in [0.1, 0.15) is 5.54 Å². The van der Waals surface area contributed by atoms with Gasteiger partial charge in [-0.3, -0.25) is 4.79 Å². The van der Waals surface area contributed by atoms with E-state index < -0.39 is 11.5 Å². The van der Waals surface area contributed by atoms with Crippen molar-refractivity contribution >= 4 is 5.97 Å². The van der Waals surface area contributed by atoms with Gasteiger partial charge in [0.05, 0.1) is 6.61 Å². The second-order valence-electron chi connectivity index (χ2n) is 2.52. The van der Waals surface area contributed by atoms with Crippen LogP contribution < -0.4 is 5.73 Å². The molecule has 0 radical (unpaired) electrons. The lowest BCUT2D eigenvalue weighted by Gasteiger charge is -2.18. The highest BCUT2D eigenvalue weighted by atomic mass is 16.5. The highest BCUT2D eigenvalue weighted by molar-refractivity contribution is 5.80. The number of carbonyl (C=O) groups excluding carboxylic acids is 1. The fourth-order valence-electron chi connectivity index (χ4n) is 0.580. The number of esters is 1. The molecule has 0 rings (SSSR count). The topological polar surface area (TPSA) is 52.3 Å². The van der Waals surface area contributed by atoms with Crippen molar-refractivity contribution in [1.29, 1.82) is 0 Å². The molecule has 62 valence electrons. The molecule has 0 bridgehead atoms. The van der Waals surface area contributed by atoms with E-state index in [1.54, 1.807) is 13.8 Å².